The molecule has 2 atom stereocenters. The van der Waals surface area contributed by atoms with E-state index in [-0.39, 0.29) is 16.7 Å². The second-order valence-corrected chi connectivity index (χ2v) is 6.66. The molecule has 1 aromatic rings. The van der Waals surface area contributed by atoms with Crippen LogP contribution >= 0.6 is 23.4 Å². The Morgan fingerprint density at radius 3 is 3.11 bits per heavy atom. The first-order valence-corrected chi connectivity index (χ1v) is 8.04. The Morgan fingerprint density at radius 1 is 1.47 bits per heavy atom. The summed E-state index contributed by atoms with van der Waals surface area (Å²) in [4.78, 5) is 0. The number of thioether (sulfide) groups is 1. The van der Waals surface area contributed by atoms with Crippen LogP contribution in [0.2, 0.25) is 5.02 Å². The highest BCUT2D eigenvalue weighted by Gasteiger charge is 2.41. The maximum Gasteiger partial charge on any atom is 0.145 e. The van der Waals surface area contributed by atoms with Gasteiger partial charge in [-0.15, -0.1) is 0 Å². The van der Waals surface area contributed by atoms with E-state index >= 15 is 0 Å². The first-order valence-electron chi connectivity index (χ1n) is 6.50. The highest BCUT2D eigenvalue weighted by atomic mass is 35.5. The molecule has 0 aliphatic carbocycles. The van der Waals surface area contributed by atoms with Gasteiger partial charge in [0.05, 0.1) is 17.2 Å². The molecule has 2 aliphatic heterocycles. The first-order chi connectivity index (χ1) is 9.17. The SMILES string of the molecule is Fc1cc(OC2CCOC3(CCSC3)C2)ccc1Cl. The van der Waals surface area contributed by atoms with Crippen LogP contribution in [0.15, 0.2) is 18.2 Å². The summed E-state index contributed by atoms with van der Waals surface area (Å²) in [6.45, 7) is 0.724. The van der Waals surface area contributed by atoms with Gasteiger partial charge in [0.2, 0.25) is 0 Å². The van der Waals surface area contributed by atoms with Crippen molar-refractivity contribution >= 4 is 23.4 Å². The number of rotatable bonds is 2. The van der Waals surface area contributed by atoms with Gasteiger partial charge in [-0.2, -0.15) is 11.8 Å². The molecule has 0 bridgehead atoms. The number of hydrogen-bond donors (Lipinski definition) is 0. The molecule has 0 N–H and O–H groups in total. The third-order valence-electron chi connectivity index (χ3n) is 3.71. The van der Waals surface area contributed by atoms with E-state index in [0.29, 0.717) is 5.75 Å². The van der Waals surface area contributed by atoms with Crippen molar-refractivity contribution in [2.75, 3.05) is 18.1 Å². The molecule has 0 amide bonds. The molecule has 2 unspecified atom stereocenters. The van der Waals surface area contributed by atoms with Crippen molar-refractivity contribution in [3.8, 4) is 5.75 Å². The van der Waals surface area contributed by atoms with Gasteiger partial charge in [0, 0.05) is 24.7 Å². The number of hydrogen-bond acceptors (Lipinski definition) is 3. The molecule has 1 spiro atoms. The first kappa shape index (κ1) is 13.5. The van der Waals surface area contributed by atoms with E-state index in [1.54, 1.807) is 6.07 Å². The summed E-state index contributed by atoms with van der Waals surface area (Å²) >= 11 is 7.60. The van der Waals surface area contributed by atoms with E-state index in [1.165, 1.54) is 12.1 Å². The second-order valence-electron chi connectivity index (χ2n) is 5.14. The van der Waals surface area contributed by atoms with Crippen molar-refractivity contribution in [1.29, 1.82) is 0 Å². The van der Waals surface area contributed by atoms with Crippen LogP contribution in [-0.4, -0.2) is 29.8 Å². The summed E-state index contributed by atoms with van der Waals surface area (Å²) in [5, 5.41) is 0.128. The van der Waals surface area contributed by atoms with Crippen molar-refractivity contribution in [2.24, 2.45) is 0 Å². The van der Waals surface area contributed by atoms with Gasteiger partial charge in [0.15, 0.2) is 0 Å². The third-order valence-corrected chi connectivity index (χ3v) is 5.24. The van der Waals surface area contributed by atoms with E-state index in [2.05, 4.69) is 0 Å². The lowest BCUT2D eigenvalue weighted by molar-refractivity contribution is -0.0959. The van der Waals surface area contributed by atoms with E-state index in [0.717, 1.165) is 37.4 Å². The van der Waals surface area contributed by atoms with Crippen molar-refractivity contribution < 1.29 is 13.9 Å². The second kappa shape index (κ2) is 5.51. The van der Waals surface area contributed by atoms with Crippen LogP contribution in [0.1, 0.15) is 19.3 Å². The molecule has 0 radical (unpaired) electrons. The molecule has 2 fully saturated rings. The van der Waals surface area contributed by atoms with Gasteiger partial charge < -0.3 is 9.47 Å². The standard InChI is InChI=1S/C14H16ClFO2S/c15-12-2-1-10(7-13(12)16)18-11-3-5-17-14(8-11)4-6-19-9-14/h1-2,7,11H,3-6,8-9H2. The fraction of sp³-hybridized carbons (Fsp3) is 0.571. The van der Waals surface area contributed by atoms with Crippen molar-refractivity contribution in [3.05, 3.63) is 29.0 Å². The Balaban J connectivity index is 1.67. The predicted molar refractivity (Wildman–Crippen MR) is 75.7 cm³/mol. The maximum absolute atomic E-state index is 13.4. The van der Waals surface area contributed by atoms with Crippen molar-refractivity contribution in [2.45, 2.75) is 31.0 Å². The molecule has 5 heteroatoms. The zero-order valence-corrected chi connectivity index (χ0v) is 12.1. The third kappa shape index (κ3) is 3.01. The summed E-state index contributed by atoms with van der Waals surface area (Å²) in [6.07, 6.45) is 2.95. The Morgan fingerprint density at radius 2 is 2.37 bits per heavy atom. The molecule has 2 nitrogen and oxygen atoms in total. The summed E-state index contributed by atoms with van der Waals surface area (Å²) in [5.74, 6) is 2.32. The molecule has 1 aromatic carbocycles. The van der Waals surface area contributed by atoms with Crippen molar-refractivity contribution in [1.82, 2.24) is 0 Å². The molecular weight excluding hydrogens is 287 g/mol. The van der Waals surface area contributed by atoms with Gasteiger partial charge >= 0.3 is 0 Å². The fourth-order valence-corrected chi connectivity index (χ4v) is 4.19. The van der Waals surface area contributed by atoms with E-state index < -0.39 is 5.82 Å². The van der Waals surface area contributed by atoms with Gasteiger partial charge in [-0.05, 0) is 24.3 Å². The van der Waals surface area contributed by atoms with Crippen LogP contribution in [-0.2, 0) is 4.74 Å². The summed E-state index contributed by atoms with van der Waals surface area (Å²) < 4.78 is 25.2. The molecular formula is C14H16ClFO2S. The fourth-order valence-electron chi connectivity index (χ4n) is 2.69. The van der Waals surface area contributed by atoms with E-state index in [9.17, 15) is 4.39 Å². The summed E-state index contributed by atoms with van der Waals surface area (Å²) in [7, 11) is 0. The van der Waals surface area contributed by atoms with Gasteiger partial charge in [-0.1, -0.05) is 11.6 Å². The van der Waals surface area contributed by atoms with Gasteiger partial charge in [-0.25, -0.2) is 4.39 Å². The number of halogens is 2. The number of ether oxygens (including phenoxy) is 2. The smallest absolute Gasteiger partial charge is 0.145 e. The Hall–Kier alpha value is -0.450. The maximum atomic E-state index is 13.4. The van der Waals surface area contributed by atoms with Crippen LogP contribution < -0.4 is 4.74 Å². The highest BCUT2D eigenvalue weighted by Crippen LogP contribution is 2.39. The van der Waals surface area contributed by atoms with Crippen LogP contribution in [0.4, 0.5) is 4.39 Å². The Labute approximate surface area is 121 Å². The lowest BCUT2D eigenvalue weighted by atomic mass is 9.91. The molecule has 0 aromatic heterocycles. The predicted octanol–water partition coefficient (Wildman–Crippen LogP) is 3.91. The molecule has 3 rings (SSSR count). The Kier molecular flexibility index (Phi) is 3.92. The lowest BCUT2D eigenvalue weighted by Crippen LogP contribution is -2.43. The van der Waals surface area contributed by atoms with Crippen molar-refractivity contribution in [3.63, 3.8) is 0 Å². The minimum atomic E-state index is -0.433. The van der Waals surface area contributed by atoms with Gasteiger partial charge in [0.1, 0.15) is 17.7 Å². The zero-order chi connectivity index (χ0) is 13.3. The summed E-state index contributed by atoms with van der Waals surface area (Å²) in [6, 6.07) is 4.61. The summed E-state index contributed by atoms with van der Waals surface area (Å²) in [5.41, 5.74) is -0.0153. The minimum absolute atomic E-state index is 0.0153. The quantitative estimate of drug-likeness (QED) is 0.825. The largest absolute Gasteiger partial charge is 0.490 e. The van der Waals surface area contributed by atoms with Crippen LogP contribution in [0.5, 0.6) is 5.75 Å². The molecule has 104 valence electrons. The van der Waals surface area contributed by atoms with E-state index in [1.807, 2.05) is 11.8 Å². The van der Waals surface area contributed by atoms with Crippen LogP contribution in [0, 0.1) is 5.82 Å². The monoisotopic (exact) mass is 302 g/mol. The Bertz CT molecular complexity index is 463. The van der Waals surface area contributed by atoms with Gasteiger partial charge in [0.25, 0.3) is 0 Å². The molecule has 2 saturated heterocycles. The zero-order valence-electron chi connectivity index (χ0n) is 10.5. The van der Waals surface area contributed by atoms with Gasteiger partial charge in [-0.3, -0.25) is 0 Å². The highest BCUT2D eigenvalue weighted by molar-refractivity contribution is 7.99. The van der Waals surface area contributed by atoms with Crippen LogP contribution in [0.3, 0.4) is 0 Å². The van der Waals surface area contributed by atoms with Crippen LogP contribution in [0.25, 0.3) is 0 Å². The normalized spacial score (nSPS) is 30.7. The molecule has 2 heterocycles. The molecule has 2 aliphatic rings. The average Bonchev–Trinajstić information content (AvgIpc) is 2.82. The number of benzene rings is 1. The molecule has 19 heavy (non-hydrogen) atoms. The minimum Gasteiger partial charge on any atom is -0.490 e. The molecule has 0 saturated carbocycles. The average molecular weight is 303 g/mol. The lowest BCUT2D eigenvalue weighted by Gasteiger charge is -2.37. The topological polar surface area (TPSA) is 18.5 Å². The van der Waals surface area contributed by atoms with E-state index in [4.69, 9.17) is 21.1 Å².